The highest BCUT2D eigenvalue weighted by Gasteiger charge is 2.43. The third-order valence-corrected chi connectivity index (χ3v) is 9.42. The standard InChI is InChI=1S/C44H55F2NO2/c1-40(2,3)30-20-31(41(4,5)6)23-34(22-30)44(49,35-24-32(42(7,8)9)21-33(25-35)43(10,11)12)38(18-28-16-14-13-15-17-28)47-27-29-19-36(45)26-37(46)39(29)48/h13-17,19-27,38,48-49H,18H2,1-12H3. The topological polar surface area (TPSA) is 52.8 Å². The van der Waals surface area contributed by atoms with Crippen molar-refractivity contribution in [3.63, 3.8) is 0 Å². The molecule has 1 atom stereocenters. The zero-order chi connectivity index (χ0) is 36.7. The minimum atomic E-state index is -1.71. The van der Waals surface area contributed by atoms with Crippen molar-refractivity contribution in [2.75, 3.05) is 0 Å². The summed E-state index contributed by atoms with van der Waals surface area (Å²) in [5.41, 5.74) is 3.85. The number of phenols is 1. The summed E-state index contributed by atoms with van der Waals surface area (Å²) in [4.78, 5) is 4.96. The molecule has 49 heavy (non-hydrogen) atoms. The van der Waals surface area contributed by atoms with Crippen molar-refractivity contribution >= 4 is 6.21 Å². The summed E-state index contributed by atoms with van der Waals surface area (Å²) < 4.78 is 28.9. The number of benzene rings is 4. The van der Waals surface area contributed by atoms with Gasteiger partial charge in [0, 0.05) is 17.8 Å². The first-order chi connectivity index (χ1) is 22.4. The lowest BCUT2D eigenvalue weighted by molar-refractivity contribution is 0.0522. The molecule has 262 valence electrons. The van der Waals surface area contributed by atoms with E-state index in [0.717, 1.165) is 33.9 Å². The second kappa shape index (κ2) is 13.5. The van der Waals surface area contributed by atoms with Gasteiger partial charge in [-0.15, -0.1) is 0 Å². The van der Waals surface area contributed by atoms with E-state index in [1.807, 2.05) is 30.3 Å². The number of hydrogen-bond acceptors (Lipinski definition) is 3. The van der Waals surface area contributed by atoms with Crippen LogP contribution in [0.2, 0.25) is 0 Å². The Balaban J connectivity index is 2.18. The van der Waals surface area contributed by atoms with Crippen LogP contribution in [0.5, 0.6) is 5.75 Å². The summed E-state index contributed by atoms with van der Waals surface area (Å²) in [6, 6.07) is 23.4. The predicted octanol–water partition coefficient (Wildman–Crippen LogP) is 10.8. The van der Waals surface area contributed by atoms with E-state index in [2.05, 4.69) is 119 Å². The Bertz CT molecular complexity index is 1670. The Kier molecular flexibility index (Phi) is 10.4. The van der Waals surface area contributed by atoms with Crippen molar-refractivity contribution < 1.29 is 19.0 Å². The monoisotopic (exact) mass is 667 g/mol. The SMILES string of the molecule is CC(C)(C)c1cc(C(C)(C)C)cc(C(O)(c2cc(C(C)(C)C)cc(C(C)(C)C)c2)C(Cc2ccccc2)N=Cc2cc(F)cc(F)c2O)c1. The van der Waals surface area contributed by atoms with Gasteiger partial charge >= 0.3 is 0 Å². The van der Waals surface area contributed by atoms with Gasteiger partial charge in [0.25, 0.3) is 0 Å². The fourth-order valence-corrected chi connectivity index (χ4v) is 5.98. The van der Waals surface area contributed by atoms with Crippen LogP contribution in [0, 0.1) is 11.6 Å². The van der Waals surface area contributed by atoms with Gasteiger partial charge in [0.15, 0.2) is 11.6 Å². The number of hydrogen-bond donors (Lipinski definition) is 2. The third-order valence-electron chi connectivity index (χ3n) is 9.42. The molecule has 0 saturated heterocycles. The first kappa shape index (κ1) is 38.0. The Labute approximate surface area is 293 Å². The second-order valence-electron chi connectivity index (χ2n) is 17.7. The first-order valence-corrected chi connectivity index (χ1v) is 17.2. The van der Waals surface area contributed by atoms with Crippen molar-refractivity contribution in [1.82, 2.24) is 0 Å². The van der Waals surface area contributed by atoms with Crippen molar-refractivity contribution in [3.8, 4) is 5.75 Å². The van der Waals surface area contributed by atoms with E-state index in [9.17, 15) is 19.0 Å². The maximum Gasteiger partial charge on any atom is 0.168 e. The van der Waals surface area contributed by atoms with Gasteiger partial charge in [0.2, 0.25) is 0 Å². The molecule has 1 unspecified atom stereocenters. The summed E-state index contributed by atoms with van der Waals surface area (Å²) >= 11 is 0. The van der Waals surface area contributed by atoms with Crippen LogP contribution in [-0.2, 0) is 33.7 Å². The maximum absolute atomic E-state index is 14.5. The number of aromatic hydroxyl groups is 1. The van der Waals surface area contributed by atoms with Crippen LogP contribution >= 0.6 is 0 Å². The van der Waals surface area contributed by atoms with E-state index in [0.29, 0.717) is 23.6 Å². The van der Waals surface area contributed by atoms with Gasteiger partial charge in [-0.25, -0.2) is 8.78 Å². The molecule has 0 aliphatic carbocycles. The highest BCUT2D eigenvalue weighted by atomic mass is 19.1. The van der Waals surface area contributed by atoms with Gasteiger partial charge < -0.3 is 10.2 Å². The average molecular weight is 668 g/mol. The molecule has 2 N–H and O–H groups in total. The van der Waals surface area contributed by atoms with Crippen LogP contribution in [0.4, 0.5) is 8.78 Å². The van der Waals surface area contributed by atoms with E-state index >= 15 is 0 Å². The Morgan fingerprint density at radius 2 is 0.980 bits per heavy atom. The molecule has 0 saturated carbocycles. The molecule has 4 rings (SSSR count). The third kappa shape index (κ3) is 8.67. The highest BCUT2D eigenvalue weighted by molar-refractivity contribution is 5.83. The van der Waals surface area contributed by atoms with Crippen molar-refractivity contribution in [2.24, 2.45) is 4.99 Å². The largest absolute Gasteiger partial charge is 0.504 e. The molecule has 5 heteroatoms. The van der Waals surface area contributed by atoms with E-state index in [-0.39, 0.29) is 27.2 Å². The van der Waals surface area contributed by atoms with E-state index in [1.54, 1.807) is 0 Å². The molecule has 0 heterocycles. The minimum absolute atomic E-state index is 0.101. The quantitative estimate of drug-likeness (QED) is 0.193. The van der Waals surface area contributed by atoms with Gasteiger partial charge in [-0.3, -0.25) is 4.99 Å². The van der Waals surface area contributed by atoms with Crippen molar-refractivity contribution in [2.45, 2.75) is 123 Å². The molecular weight excluding hydrogens is 612 g/mol. The van der Waals surface area contributed by atoms with E-state index in [4.69, 9.17) is 4.99 Å². The minimum Gasteiger partial charge on any atom is -0.504 e. The second-order valence-corrected chi connectivity index (χ2v) is 17.7. The molecule has 0 aromatic heterocycles. The van der Waals surface area contributed by atoms with Crippen LogP contribution < -0.4 is 0 Å². The molecule has 0 fully saturated rings. The van der Waals surface area contributed by atoms with E-state index in [1.165, 1.54) is 6.21 Å². The van der Waals surface area contributed by atoms with Gasteiger partial charge in [-0.2, -0.15) is 0 Å². The fraction of sp³-hybridized carbons (Fsp3) is 0.432. The number of aliphatic imine (C=N–C) groups is 1. The maximum atomic E-state index is 14.5. The highest BCUT2D eigenvalue weighted by Crippen LogP contribution is 2.43. The summed E-state index contributed by atoms with van der Waals surface area (Å²) in [6.45, 7) is 26.0. The number of phenolic OH excluding ortho intramolecular Hbond substituents is 1. The summed E-state index contributed by atoms with van der Waals surface area (Å²) in [7, 11) is 0. The average Bonchev–Trinajstić information content (AvgIpc) is 2.99. The zero-order valence-electron chi connectivity index (χ0n) is 31.5. The number of halogens is 2. The first-order valence-electron chi connectivity index (χ1n) is 17.2. The van der Waals surface area contributed by atoms with Crippen LogP contribution in [0.1, 0.15) is 128 Å². The zero-order valence-corrected chi connectivity index (χ0v) is 31.5. The van der Waals surface area contributed by atoms with Gasteiger partial charge in [0.05, 0.1) is 6.04 Å². The molecule has 4 aromatic carbocycles. The molecule has 0 aliphatic rings. The summed E-state index contributed by atoms with van der Waals surface area (Å²) in [5, 5.41) is 24.3. The lowest BCUT2D eigenvalue weighted by Crippen LogP contribution is -2.42. The van der Waals surface area contributed by atoms with E-state index < -0.39 is 29.0 Å². The fourth-order valence-electron chi connectivity index (χ4n) is 5.98. The molecule has 0 radical (unpaired) electrons. The van der Waals surface area contributed by atoms with Crippen LogP contribution in [0.15, 0.2) is 83.9 Å². The smallest absolute Gasteiger partial charge is 0.168 e. The number of aliphatic hydroxyl groups is 1. The van der Waals surface area contributed by atoms with Crippen LogP contribution in [-0.4, -0.2) is 22.5 Å². The normalized spacial score (nSPS) is 14.0. The van der Waals surface area contributed by atoms with Crippen LogP contribution in [0.3, 0.4) is 0 Å². The van der Waals surface area contributed by atoms with Crippen molar-refractivity contribution in [3.05, 3.63) is 135 Å². The molecule has 4 aromatic rings. The van der Waals surface area contributed by atoms with Crippen LogP contribution in [0.25, 0.3) is 0 Å². The lowest BCUT2D eigenvalue weighted by atomic mass is 9.70. The molecule has 3 nitrogen and oxygen atoms in total. The Morgan fingerprint density at radius 1 is 0.592 bits per heavy atom. The summed E-state index contributed by atoms with van der Waals surface area (Å²) in [5.74, 6) is -2.59. The summed E-state index contributed by atoms with van der Waals surface area (Å²) in [6.07, 6.45) is 1.60. The molecule has 0 spiro atoms. The van der Waals surface area contributed by atoms with Gasteiger partial charge in [-0.1, -0.05) is 150 Å². The molecular formula is C44H55F2NO2. The Morgan fingerprint density at radius 3 is 1.37 bits per heavy atom. The van der Waals surface area contributed by atoms with Gasteiger partial charge in [0.1, 0.15) is 11.4 Å². The van der Waals surface area contributed by atoms with Crippen molar-refractivity contribution in [1.29, 1.82) is 0 Å². The Hall–Kier alpha value is -3.83. The molecule has 0 bridgehead atoms. The molecule has 0 amide bonds. The van der Waals surface area contributed by atoms with Gasteiger partial charge in [-0.05, 0) is 73.1 Å². The number of rotatable bonds is 7. The predicted molar refractivity (Wildman–Crippen MR) is 200 cm³/mol. The lowest BCUT2D eigenvalue weighted by Gasteiger charge is -2.39. The molecule has 0 aliphatic heterocycles. The number of nitrogens with zero attached hydrogens (tertiary/aromatic N) is 1.